The summed E-state index contributed by atoms with van der Waals surface area (Å²) in [6.07, 6.45) is 3.27. The van der Waals surface area contributed by atoms with E-state index in [1.165, 1.54) is 0 Å². The molecule has 0 bridgehead atoms. The number of anilines is 1. The molecule has 0 aliphatic rings. The van der Waals surface area contributed by atoms with E-state index in [1.54, 1.807) is 36.7 Å². The predicted octanol–water partition coefficient (Wildman–Crippen LogP) is 1.98. The van der Waals surface area contributed by atoms with Crippen molar-refractivity contribution < 1.29 is 4.79 Å². The van der Waals surface area contributed by atoms with Crippen LogP contribution in [0.4, 0.5) is 10.5 Å². The van der Waals surface area contributed by atoms with Crippen LogP contribution in [0.15, 0.2) is 36.7 Å². The van der Waals surface area contributed by atoms with Crippen LogP contribution < -0.4 is 10.6 Å². The second-order valence-corrected chi connectivity index (χ2v) is 4.15. The fraction of sp³-hybridized carbons (Fsp3) is 0.143. The zero-order valence-electron chi connectivity index (χ0n) is 10.9. The molecule has 6 nitrogen and oxygen atoms in total. The summed E-state index contributed by atoms with van der Waals surface area (Å²) in [7, 11) is 0. The number of rotatable bonds is 3. The Morgan fingerprint density at radius 3 is 2.60 bits per heavy atom. The molecule has 0 fully saturated rings. The Labute approximate surface area is 116 Å². The number of hydrogen-bond donors (Lipinski definition) is 2. The molecule has 20 heavy (non-hydrogen) atoms. The number of nitrogens with zero attached hydrogens (tertiary/aromatic N) is 3. The van der Waals surface area contributed by atoms with Gasteiger partial charge in [-0.15, -0.1) is 0 Å². The Hall–Kier alpha value is -2.94. The van der Waals surface area contributed by atoms with Crippen LogP contribution in [-0.2, 0) is 6.54 Å². The van der Waals surface area contributed by atoms with E-state index in [1.807, 2.05) is 13.0 Å². The molecule has 6 heteroatoms. The lowest BCUT2D eigenvalue weighted by Gasteiger charge is -2.07. The molecular weight excluding hydrogens is 254 g/mol. The monoisotopic (exact) mass is 267 g/mol. The van der Waals surface area contributed by atoms with E-state index in [4.69, 9.17) is 5.26 Å². The number of nitriles is 1. The zero-order chi connectivity index (χ0) is 14.4. The Balaban J connectivity index is 1.86. The van der Waals surface area contributed by atoms with Crippen molar-refractivity contribution in [3.63, 3.8) is 0 Å². The van der Waals surface area contributed by atoms with Crippen molar-refractivity contribution in [2.75, 3.05) is 5.32 Å². The van der Waals surface area contributed by atoms with Gasteiger partial charge in [0.25, 0.3) is 0 Å². The Kier molecular flexibility index (Phi) is 4.24. The highest BCUT2D eigenvalue weighted by atomic mass is 16.2. The number of urea groups is 1. The maximum Gasteiger partial charge on any atom is 0.319 e. The molecule has 0 unspecified atom stereocenters. The highest BCUT2D eigenvalue weighted by molar-refractivity contribution is 5.89. The zero-order valence-corrected chi connectivity index (χ0v) is 10.9. The first kappa shape index (κ1) is 13.5. The van der Waals surface area contributed by atoms with Crippen molar-refractivity contribution in [2.24, 2.45) is 0 Å². The Morgan fingerprint density at radius 2 is 2.00 bits per heavy atom. The largest absolute Gasteiger partial charge is 0.332 e. The van der Waals surface area contributed by atoms with Gasteiger partial charge in [0.1, 0.15) is 0 Å². The smallest absolute Gasteiger partial charge is 0.319 e. The van der Waals surface area contributed by atoms with E-state index >= 15 is 0 Å². The molecule has 100 valence electrons. The molecular formula is C14H13N5O. The van der Waals surface area contributed by atoms with E-state index in [0.29, 0.717) is 23.5 Å². The molecule has 0 aliphatic heterocycles. The minimum absolute atomic E-state index is 0.301. The molecule has 0 radical (unpaired) electrons. The van der Waals surface area contributed by atoms with Gasteiger partial charge in [-0.3, -0.25) is 9.97 Å². The molecule has 2 amide bonds. The molecule has 0 atom stereocenters. The summed E-state index contributed by atoms with van der Waals surface area (Å²) < 4.78 is 0. The van der Waals surface area contributed by atoms with Crippen LogP contribution in [0, 0.1) is 18.3 Å². The van der Waals surface area contributed by atoms with Crippen molar-refractivity contribution in [3.8, 4) is 6.07 Å². The number of aromatic nitrogens is 2. The summed E-state index contributed by atoms with van der Waals surface area (Å²) >= 11 is 0. The maximum atomic E-state index is 11.7. The molecule has 1 aromatic carbocycles. The van der Waals surface area contributed by atoms with Gasteiger partial charge in [0, 0.05) is 11.9 Å². The summed E-state index contributed by atoms with van der Waals surface area (Å²) in [6, 6.07) is 8.30. The molecule has 0 spiro atoms. The van der Waals surface area contributed by atoms with Crippen LogP contribution in [0.3, 0.4) is 0 Å². The quantitative estimate of drug-likeness (QED) is 0.889. The van der Waals surface area contributed by atoms with Gasteiger partial charge < -0.3 is 10.6 Å². The van der Waals surface area contributed by atoms with Gasteiger partial charge in [-0.25, -0.2) is 4.79 Å². The van der Waals surface area contributed by atoms with E-state index in [9.17, 15) is 4.79 Å². The van der Waals surface area contributed by atoms with Crippen molar-refractivity contribution in [1.29, 1.82) is 5.26 Å². The molecule has 0 saturated carbocycles. The first-order chi connectivity index (χ1) is 9.67. The molecule has 2 N–H and O–H groups in total. The van der Waals surface area contributed by atoms with E-state index in [2.05, 4.69) is 20.6 Å². The highest BCUT2D eigenvalue weighted by Crippen LogP contribution is 2.08. The van der Waals surface area contributed by atoms with Gasteiger partial charge in [0.2, 0.25) is 0 Å². The van der Waals surface area contributed by atoms with Gasteiger partial charge in [0.05, 0.1) is 35.8 Å². The second-order valence-electron chi connectivity index (χ2n) is 4.15. The summed E-state index contributed by atoms with van der Waals surface area (Å²) in [5.74, 6) is 0. The van der Waals surface area contributed by atoms with Crippen LogP contribution in [0.1, 0.15) is 17.0 Å². The summed E-state index contributed by atoms with van der Waals surface area (Å²) in [6.45, 7) is 2.15. The number of benzene rings is 1. The molecule has 2 aromatic rings. The summed E-state index contributed by atoms with van der Waals surface area (Å²) in [5.41, 5.74) is 2.68. The number of amides is 2. The SMILES string of the molecule is Cc1cnc(CNC(=O)Nc2ccc(C#N)cc2)cn1. The average molecular weight is 267 g/mol. The topological polar surface area (TPSA) is 90.7 Å². The molecule has 1 heterocycles. The molecule has 0 aliphatic carbocycles. The number of hydrogen-bond acceptors (Lipinski definition) is 4. The number of carbonyl (C=O) groups excluding carboxylic acids is 1. The minimum atomic E-state index is -0.336. The lowest BCUT2D eigenvalue weighted by atomic mass is 10.2. The maximum absolute atomic E-state index is 11.7. The van der Waals surface area contributed by atoms with Crippen molar-refractivity contribution >= 4 is 11.7 Å². The van der Waals surface area contributed by atoms with Crippen LogP contribution in [-0.4, -0.2) is 16.0 Å². The fourth-order valence-electron chi connectivity index (χ4n) is 1.48. The van der Waals surface area contributed by atoms with Gasteiger partial charge >= 0.3 is 6.03 Å². The molecule has 1 aromatic heterocycles. The highest BCUT2D eigenvalue weighted by Gasteiger charge is 2.02. The standard InChI is InChI=1S/C14H13N5O/c1-10-7-17-13(8-16-10)9-18-14(20)19-12-4-2-11(6-15)3-5-12/h2-5,7-8H,9H2,1H3,(H2,18,19,20). The van der Waals surface area contributed by atoms with Crippen molar-refractivity contribution in [3.05, 3.63) is 53.6 Å². The number of nitrogens with one attached hydrogen (secondary N) is 2. The molecule has 2 rings (SSSR count). The third-order valence-electron chi connectivity index (χ3n) is 2.54. The predicted molar refractivity (Wildman–Crippen MR) is 73.8 cm³/mol. The summed E-state index contributed by atoms with van der Waals surface area (Å²) in [5, 5.41) is 14.0. The number of carbonyl (C=O) groups is 1. The normalized spacial score (nSPS) is 9.60. The van der Waals surface area contributed by atoms with Gasteiger partial charge in [-0.2, -0.15) is 5.26 Å². The third kappa shape index (κ3) is 3.78. The van der Waals surface area contributed by atoms with E-state index < -0.39 is 0 Å². The number of aryl methyl sites for hydroxylation is 1. The lowest BCUT2D eigenvalue weighted by molar-refractivity contribution is 0.251. The average Bonchev–Trinajstić information content (AvgIpc) is 2.47. The van der Waals surface area contributed by atoms with Gasteiger partial charge in [-0.1, -0.05) is 0 Å². The van der Waals surface area contributed by atoms with Gasteiger partial charge in [-0.05, 0) is 31.2 Å². The van der Waals surface area contributed by atoms with E-state index in [-0.39, 0.29) is 6.03 Å². The lowest BCUT2D eigenvalue weighted by Crippen LogP contribution is -2.28. The Morgan fingerprint density at radius 1 is 1.25 bits per heavy atom. The van der Waals surface area contributed by atoms with Crippen LogP contribution in [0.5, 0.6) is 0 Å². The van der Waals surface area contributed by atoms with Crippen molar-refractivity contribution in [2.45, 2.75) is 13.5 Å². The fourth-order valence-corrected chi connectivity index (χ4v) is 1.48. The Bertz CT molecular complexity index is 628. The molecule has 0 saturated heterocycles. The summed E-state index contributed by atoms with van der Waals surface area (Å²) in [4.78, 5) is 19.9. The second kappa shape index (κ2) is 6.29. The first-order valence-electron chi connectivity index (χ1n) is 6.00. The van der Waals surface area contributed by atoms with E-state index in [0.717, 1.165) is 5.69 Å². The van der Waals surface area contributed by atoms with Crippen LogP contribution >= 0.6 is 0 Å². The van der Waals surface area contributed by atoms with Gasteiger partial charge in [0.15, 0.2) is 0 Å². The third-order valence-corrected chi connectivity index (χ3v) is 2.54. The van der Waals surface area contributed by atoms with Crippen LogP contribution in [0.2, 0.25) is 0 Å². The van der Waals surface area contributed by atoms with Crippen molar-refractivity contribution in [1.82, 2.24) is 15.3 Å². The minimum Gasteiger partial charge on any atom is -0.332 e. The first-order valence-corrected chi connectivity index (χ1v) is 6.00. The van der Waals surface area contributed by atoms with Crippen LogP contribution in [0.25, 0.3) is 0 Å².